The van der Waals surface area contributed by atoms with Gasteiger partial charge in [0.25, 0.3) is 5.91 Å². The van der Waals surface area contributed by atoms with Crippen molar-refractivity contribution in [2.45, 2.75) is 37.1 Å². The number of nitrogens with one attached hydrogen (secondary N) is 1. The molecule has 2 aliphatic heterocycles. The van der Waals surface area contributed by atoms with Gasteiger partial charge in [-0.1, -0.05) is 30.3 Å². The SMILES string of the molecule is O=C(COC(=O)c1cccc(S(=O)(=O)N2CCc3ccccc3C2)c1)NCCCN1CCCC1=O. The number of carbonyl (C=O) groups is 3. The molecule has 9 nitrogen and oxygen atoms in total. The summed E-state index contributed by atoms with van der Waals surface area (Å²) in [5.41, 5.74) is 2.17. The smallest absolute Gasteiger partial charge is 0.338 e. The molecule has 1 N–H and O–H groups in total. The van der Waals surface area contributed by atoms with Crippen LogP contribution in [0.15, 0.2) is 53.4 Å². The third-order valence-corrected chi connectivity index (χ3v) is 8.08. The van der Waals surface area contributed by atoms with E-state index in [1.54, 1.807) is 4.90 Å². The lowest BCUT2D eigenvalue weighted by Gasteiger charge is -2.28. The van der Waals surface area contributed by atoms with Crippen LogP contribution in [0.1, 0.15) is 40.7 Å². The highest BCUT2D eigenvalue weighted by molar-refractivity contribution is 7.89. The number of likely N-dealkylation sites (tertiary alicyclic amines) is 1. The molecule has 2 aromatic carbocycles. The molecule has 0 radical (unpaired) electrons. The summed E-state index contributed by atoms with van der Waals surface area (Å²) in [6.07, 6.45) is 2.69. The number of benzene rings is 2. The van der Waals surface area contributed by atoms with Gasteiger partial charge in [-0.25, -0.2) is 13.2 Å². The van der Waals surface area contributed by atoms with Crippen molar-refractivity contribution in [3.05, 3.63) is 65.2 Å². The first-order valence-electron chi connectivity index (χ1n) is 11.7. The van der Waals surface area contributed by atoms with Gasteiger partial charge in [-0.2, -0.15) is 4.31 Å². The van der Waals surface area contributed by atoms with E-state index in [4.69, 9.17) is 4.74 Å². The second-order valence-corrected chi connectivity index (χ2v) is 10.6. The summed E-state index contributed by atoms with van der Waals surface area (Å²) in [4.78, 5) is 37.8. The van der Waals surface area contributed by atoms with Crippen molar-refractivity contribution in [3.8, 4) is 0 Å². The molecule has 0 bridgehead atoms. The molecule has 2 aromatic rings. The first kappa shape index (κ1) is 24.9. The molecule has 2 heterocycles. The van der Waals surface area contributed by atoms with Gasteiger partial charge < -0.3 is 15.0 Å². The number of nitrogens with zero attached hydrogens (tertiary/aromatic N) is 2. The van der Waals surface area contributed by atoms with Gasteiger partial charge in [-0.15, -0.1) is 0 Å². The zero-order valence-corrected chi connectivity index (χ0v) is 20.3. The Labute approximate surface area is 205 Å². The van der Waals surface area contributed by atoms with Crippen LogP contribution in [0.25, 0.3) is 0 Å². The fraction of sp³-hybridized carbons (Fsp3) is 0.400. The van der Waals surface area contributed by atoms with E-state index in [0.29, 0.717) is 38.9 Å². The molecule has 4 rings (SSSR count). The zero-order valence-electron chi connectivity index (χ0n) is 19.4. The Morgan fingerprint density at radius 3 is 2.57 bits per heavy atom. The van der Waals surface area contributed by atoms with E-state index in [9.17, 15) is 22.8 Å². The molecule has 0 atom stereocenters. The van der Waals surface area contributed by atoms with Crippen molar-refractivity contribution in [2.75, 3.05) is 32.8 Å². The topological polar surface area (TPSA) is 113 Å². The first-order chi connectivity index (χ1) is 16.8. The normalized spacial score (nSPS) is 16.1. The number of amides is 2. The van der Waals surface area contributed by atoms with Gasteiger partial charge in [0.2, 0.25) is 15.9 Å². The van der Waals surface area contributed by atoms with Gasteiger partial charge in [0.15, 0.2) is 6.61 Å². The number of carbonyl (C=O) groups excluding carboxylic acids is 3. The van der Waals surface area contributed by atoms with Gasteiger partial charge in [-0.3, -0.25) is 9.59 Å². The molecule has 0 spiro atoms. The Bertz CT molecular complexity index is 1210. The Balaban J connectivity index is 1.28. The molecule has 2 amide bonds. The molecule has 0 unspecified atom stereocenters. The van der Waals surface area contributed by atoms with Crippen molar-refractivity contribution < 1.29 is 27.5 Å². The fourth-order valence-corrected chi connectivity index (χ4v) is 5.78. The van der Waals surface area contributed by atoms with E-state index >= 15 is 0 Å². The molecule has 1 fully saturated rings. The number of fused-ring (bicyclic) bond motifs is 1. The molecular weight excluding hydrogens is 470 g/mol. The molecular formula is C25H29N3O6S. The Hall–Kier alpha value is -3.24. The van der Waals surface area contributed by atoms with Crippen LogP contribution in [0.3, 0.4) is 0 Å². The van der Waals surface area contributed by atoms with Gasteiger partial charge >= 0.3 is 5.97 Å². The van der Waals surface area contributed by atoms with Crippen molar-refractivity contribution >= 4 is 27.8 Å². The number of hydrogen-bond donors (Lipinski definition) is 1. The van der Waals surface area contributed by atoms with Gasteiger partial charge in [0.1, 0.15) is 0 Å². The van der Waals surface area contributed by atoms with E-state index in [1.807, 2.05) is 24.3 Å². The fourth-order valence-electron chi connectivity index (χ4n) is 4.31. The third-order valence-electron chi connectivity index (χ3n) is 6.24. The highest BCUT2D eigenvalue weighted by Crippen LogP contribution is 2.25. The van der Waals surface area contributed by atoms with Crippen LogP contribution in [-0.4, -0.2) is 68.2 Å². The minimum absolute atomic E-state index is 0.00671. The number of hydrogen-bond acceptors (Lipinski definition) is 6. The molecule has 0 aromatic heterocycles. The van der Waals surface area contributed by atoms with Crippen molar-refractivity contribution in [2.24, 2.45) is 0 Å². The summed E-state index contributed by atoms with van der Waals surface area (Å²) in [5, 5.41) is 2.66. The zero-order chi connectivity index (χ0) is 24.8. The van der Waals surface area contributed by atoms with Crippen molar-refractivity contribution in [1.29, 1.82) is 0 Å². The van der Waals surface area contributed by atoms with Crippen LogP contribution in [0.5, 0.6) is 0 Å². The minimum atomic E-state index is -3.80. The second-order valence-electron chi connectivity index (χ2n) is 8.65. The van der Waals surface area contributed by atoms with Crippen LogP contribution in [0, 0.1) is 0 Å². The monoisotopic (exact) mass is 499 g/mol. The van der Waals surface area contributed by atoms with Crippen molar-refractivity contribution in [1.82, 2.24) is 14.5 Å². The summed E-state index contributed by atoms with van der Waals surface area (Å²) in [7, 11) is -3.80. The second kappa shape index (κ2) is 11.0. The maximum Gasteiger partial charge on any atom is 0.338 e. The maximum atomic E-state index is 13.2. The van der Waals surface area contributed by atoms with Crippen molar-refractivity contribution in [3.63, 3.8) is 0 Å². The van der Waals surface area contributed by atoms with Gasteiger partial charge in [0, 0.05) is 39.1 Å². The van der Waals surface area contributed by atoms with E-state index in [1.165, 1.54) is 28.6 Å². The number of rotatable bonds is 9. The predicted molar refractivity (Wildman–Crippen MR) is 128 cm³/mol. The molecule has 35 heavy (non-hydrogen) atoms. The average molecular weight is 500 g/mol. The summed E-state index contributed by atoms with van der Waals surface area (Å²) >= 11 is 0. The largest absolute Gasteiger partial charge is 0.452 e. The first-order valence-corrected chi connectivity index (χ1v) is 13.2. The summed E-state index contributed by atoms with van der Waals surface area (Å²) < 4.78 is 32.8. The van der Waals surface area contributed by atoms with E-state index in [-0.39, 0.29) is 22.9 Å². The van der Waals surface area contributed by atoms with Crippen LogP contribution in [0.4, 0.5) is 0 Å². The quantitative estimate of drug-likeness (QED) is 0.415. The molecule has 186 valence electrons. The lowest BCUT2D eigenvalue weighted by atomic mass is 10.0. The van der Waals surface area contributed by atoms with Gasteiger partial charge in [0.05, 0.1) is 10.5 Å². The Morgan fingerprint density at radius 1 is 1.00 bits per heavy atom. The van der Waals surface area contributed by atoms with E-state index in [2.05, 4.69) is 5.32 Å². The average Bonchev–Trinajstić information content (AvgIpc) is 3.29. The minimum Gasteiger partial charge on any atom is -0.452 e. The Morgan fingerprint density at radius 2 is 1.80 bits per heavy atom. The van der Waals surface area contributed by atoms with Gasteiger partial charge in [-0.05, 0) is 48.6 Å². The summed E-state index contributed by atoms with van der Waals surface area (Å²) in [5.74, 6) is -1.09. The molecule has 0 saturated carbocycles. The Kier molecular flexibility index (Phi) is 7.82. The van der Waals surface area contributed by atoms with Crippen LogP contribution in [-0.2, 0) is 37.3 Å². The number of sulfonamides is 1. The highest BCUT2D eigenvalue weighted by Gasteiger charge is 2.29. The van der Waals surface area contributed by atoms with Crippen LogP contribution in [0.2, 0.25) is 0 Å². The number of ether oxygens (including phenoxy) is 1. The third kappa shape index (κ3) is 6.07. The van der Waals surface area contributed by atoms with E-state index < -0.39 is 28.5 Å². The molecule has 0 aliphatic carbocycles. The van der Waals surface area contributed by atoms with Crippen LogP contribution >= 0.6 is 0 Å². The lowest BCUT2D eigenvalue weighted by Crippen LogP contribution is -2.36. The molecule has 10 heteroatoms. The lowest BCUT2D eigenvalue weighted by molar-refractivity contribution is -0.127. The maximum absolute atomic E-state index is 13.2. The standard InChI is InChI=1S/C25H29N3O6S/c29-23(26-12-5-14-27-13-4-10-24(27)30)18-34-25(31)20-8-3-9-22(16-20)35(32,33)28-15-11-19-6-1-2-7-21(19)17-28/h1-3,6-9,16H,4-5,10-15,17-18H2,(H,26,29). The van der Waals surface area contributed by atoms with Crippen LogP contribution < -0.4 is 5.32 Å². The summed E-state index contributed by atoms with van der Waals surface area (Å²) in [6.45, 7) is 1.88. The summed E-state index contributed by atoms with van der Waals surface area (Å²) in [6, 6.07) is 13.4. The molecule has 2 aliphatic rings. The predicted octanol–water partition coefficient (Wildman–Crippen LogP) is 1.72. The molecule has 1 saturated heterocycles. The highest BCUT2D eigenvalue weighted by atomic mass is 32.2. The number of esters is 1. The van der Waals surface area contributed by atoms with E-state index in [0.717, 1.165) is 24.1 Å².